The number of rotatable bonds is 4. The Balaban J connectivity index is 1.99. The van der Waals surface area contributed by atoms with Crippen molar-refractivity contribution in [1.82, 2.24) is 15.0 Å². The average molecular weight is 490 g/mol. The van der Waals surface area contributed by atoms with Gasteiger partial charge in [-0.05, 0) is 37.6 Å². The van der Waals surface area contributed by atoms with Gasteiger partial charge in [-0.25, -0.2) is 18.7 Å². The van der Waals surface area contributed by atoms with E-state index in [9.17, 15) is 26.7 Å². The molecule has 0 atom stereocenters. The average Bonchev–Trinajstić information content (AvgIpc) is 2.78. The van der Waals surface area contributed by atoms with Crippen molar-refractivity contribution >= 4 is 16.7 Å². The number of aromatic amines is 1. The summed E-state index contributed by atoms with van der Waals surface area (Å²) in [6, 6.07) is 4.63. The van der Waals surface area contributed by atoms with Crippen LogP contribution < -0.4 is 15.1 Å². The predicted molar refractivity (Wildman–Crippen MR) is 121 cm³/mol. The largest absolute Gasteiger partial charge is 0.438 e. The van der Waals surface area contributed by atoms with Gasteiger partial charge in [0.25, 0.3) is 0 Å². The summed E-state index contributed by atoms with van der Waals surface area (Å²) in [5.41, 5.74) is -1.79. The number of ether oxygens (including phenoxy) is 1. The van der Waals surface area contributed by atoms with Gasteiger partial charge in [0.15, 0.2) is 17.1 Å². The minimum atomic E-state index is -4.73. The first-order valence-corrected chi connectivity index (χ1v) is 10.3. The first-order valence-electron chi connectivity index (χ1n) is 10.3. The molecule has 0 unspecified atom stereocenters. The van der Waals surface area contributed by atoms with Crippen LogP contribution in [-0.4, -0.2) is 29.0 Å². The topological polar surface area (TPSA) is 71.1 Å². The van der Waals surface area contributed by atoms with Gasteiger partial charge in [-0.15, -0.1) is 0 Å². The Morgan fingerprint density at radius 2 is 1.74 bits per heavy atom. The molecule has 182 valence electrons. The summed E-state index contributed by atoms with van der Waals surface area (Å²) in [6.07, 6.45) is -2.69. The molecule has 1 aromatic carbocycles. The number of fused-ring (bicyclic) bond motifs is 1. The minimum Gasteiger partial charge on any atom is -0.438 e. The van der Waals surface area contributed by atoms with Gasteiger partial charge in [0.1, 0.15) is 11.6 Å². The summed E-state index contributed by atoms with van der Waals surface area (Å²) in [4.78, 5) is 25.7. The van der Waals surface area contributed by atoms with Gasteiger partial charge in [-0.3, -0.25) is 4.79 Å². The van der Waals surface area contributed by atoms with Gasteiger partial charge >= 0.3 is 6.18 Å². The third-order valence-electron chi connectivity index (χ3n) is 5.52. The van der Waals surface area contributed by atoms with Crippen LogP contribution in [0.25, 0.3) is 22.2 Å². The molecule has 0 bridgehead atoms. The Hall–Kier alpha value is -4.02. The van der Waals surface area contributed by atoms with E-state index in [1.54, 1.807) is 19.0 Å². The van der Waals surface area contributed by atoms with E-state index < -0.39 is 28.8 Å². The van der Waals surface area contributed by atoms with Crippen molar-refractivity contribution in [2.24, 2.45) is 0 Å². The monoisotopic (exact) mass is 490 g/mol. The normalized spacial score (nSPS) is 11.7. The van der Waals surface area contributed by atoms with E-state index in [4.69, 9.17) is 4.74 Å². The lowest BCUT2D eigenvalue weighted by Crippen LogP contribution is -2.16. The van der Waals surface area contributed by atoms with Gasteiger partial charge in [0.2, 0.25) is 5.88 Å². The SMILES string of the molecule is Cc1c(Oc2ncc(C(F)(F)F)c(C)c2-c2cc(=O)c3c(N(C)C)nccc3[nH]2)ccc(F)c1F. The number of aromatic nitrogens is 3. The van der Waals surface area contributed by atoms with E-state index >= 15 is 0 Å². The zero-order valence-electron chi connectivity index (χ0n) is 19.0. The maximum absolute atomic E-state index is 14.1. The molecular formula is C24H19F5N4O2. The first kappa shape index (κ1) is 24.1. The molecule has 4 aromatic rings. The fraction of sp³-hybridized carbons (Fsp3) is 0.208. The molecule has 3 aromatic heterocycles. The quantitative estimate of drug-likeness (QED) is 0.369. The maximum Gasteiger partial charge on any atom is 0.418 e. The van der Waals surface area contributed by atoms with Crippen molar-refractivity contribution in [3.8, 4) is 22.9 Å². The lowest BCUT2D eigenvalue weighted by molar-refractivity contribution is -0.138. The van der Waals surface area contributed by atoms with E-state index in [0.29, 0.717) is 17.5 Å². The predicted octanol–water partition coefficient (Wildman–Crippen LogP) is 5.76. The number of halogens is 5. The molecule has 0 aliphatic heterocycles. The highest BCUT2D eigenvalue weighted by Gasteiger charge is 2.35. The molecule has 0 saturated heterocycles. The summed E-state index contributed by atoms with van der Waals surface area (Å²) < 4.78 is 74.3. The number of pyridine rings is 3. The summed E-state index contributed by atoms with van der Waals surface area (Å²) in [5, 5.41) is 0.248. The van der Waals surface area contributed by atoms with Crippen LogP contribution in [0.3, 0.4) is 0 Å². The van der Waals surface area contributed by atoms with Gasteiger partial charge in [0, 0.05) is 38.1 Å². The van der Waals surface area contributed by atoms with E-state index in [0.717, 1.165) is 18.2 Å². The standard InChI is InChI=1S/C24H19F5N4O2/c1-11-13(24(27,28)29)10-31-23(35-18-6-5-14(25)21(26)12(18)2)19(11)16-9-17(34)20-15(32-16)7-8-30-22(20)33(3)4/h5-10H,1-4H3,(H,32,34). The number of nitrogens with zero attached hydrogens (tertiary/aromatic N) is 3. The third-order valence-corrected chi connectivity index (χ3v) is 5.52. The number of alkyl halides is 3. The highest BCUT2D eigenvalue weighted by Crippen LogP contribution is 2.41. The second-order valence-corrected chi connectivity index (χ2v) is 8.06. The van der Waals surface area contributed by atoms with Crippen molar-refractivity contribution in [2.75, 3.05) is 19.0 Å². The molecule has 0 spiro atoms. The molecule has 1 N–H and O–H groups in total. The van der Waals surface area contributed by atoms with E-state index in [1.807, 2.05) is 0 Å². The van der Waals surface area contributed by atoms with Crippen LogP contribution in [0.1, 0.15) is 16.7 Å². The highest BCUT2D eigenvalue weighted by molar-refractivity contribution is 5.91. The molecule has 4 rings (SSSR count). The molecule has 0 amide bonds. The zero-order chi connectivity index (χ0) is 25.7. The second-order valence-electron chi connectivity index (χ2n) is 8.06. The Morgan fingerprint density at radius 3 is 2.40 bits per heavy atom. The molecule has 0 radical (unpaired) electrons. The summed E-state index contributed by atoms with van der Waals surface area (Å²) in [6.45, 7) is 2.48. The molecule has 0 aliphatic rings. The number of anilines is 1. The Kier molecular flexibility index (Phi) is 5.95. The fourth-order valence-corrected chi connectivity index (χ4v) is 3.77. The van der Waals surface area contributed by atoms with Crippen LogP contribution >= 0.6 is 0 Å². The van der Waals surface area contributed by atoms with Gasteiger partial charge in [-0.2, -0.15) is 13.2 Å². The molecule has 35 heavy (non-hydrogen) atoms. The van der Waals surface area contributed by atoms with Crippen LogP contribution in [0.2, 0.25) is 0 Å². The molecule has 3 heterocycles. The number of H-pyrrole nitrogens is 1. The highest BCUT2D eigenvalue weighted by atomic mass is 19.4. The van der Waals surface area contributed by atoms with Crippen molar-refractivity contribution in [3.63, 3.8) is 0 Å². The van der Waals surface area contributed by atoms with Crippen LogP contribution in [-0.2, 0) is 6.18 Å². The van der Waals surface area contributed by atoms with Crippen molar-refractivity contribution in [1.29, 1.82) is 0 Å². The van der Waals surface area contributed by atoms with Gasteiger partial charge in [-0.1, -0.05) is 0 Å². The second kappa shape index (κ2) is 8.64. The van der Waals surface area contributed by atoms with E-state index in [2.05, 4.69) is 15.0 Å². The van der Waals surface area contributed by atoms with E-state index in [1.165, 1.54) is 26.1 Å². The summed E-state index contributed by atoms with van der Waals surface area (Å²) in [7, 11) is 3.40. The fourth-order valence-electron chi connectivity index (χ4n) is 3.77. The van der Waals surface area contributed by atoms with Crippen LogP contribution in [0.4, 0.5) is 27.8 Å². The van der Waals surface area contributed by atoms with Crippen molar-refractivity contribution < 1.29 is 26.7 Å². The summed E-state index contributed by atoms with van der Waals surface area (Å²) >= 11 is 0. The Labute approximate surface area is 196 Å². The summed E-state index contributed by atoms with van der Waals surface area (Å²) in [5.74, 6) is -2.34. The lowest BCUT2D eigenvalue weighted by Gasteiger charge is -2.19. The molecule has 0 saturated carbocycles. The van der Waals surface area contributed by atoms with Gasteiger partial charge in [0.05, 0.1) is 27.7 Å². The number of benzene rings is 1. The van der Waals surface area contributed by atoms with Crippen LogP contribution in [0, 0.1) is 25.5 Å². The van der Waals surface area contributed by atoms with Crippen molar-refractivity contribution in [3.05, 3.63) is 75.2 Å². The molecule has 6 nitrogen and oxygen atoms in total. The van der Waals surface area contributed by atoms with E-state index in [-0.39, 0.29) is 39.4 Å². The van der Waals surface area contributed by atoms with Crippen molar-refractivity contribution in [2.45, 2.75) is 20.0 Å². The number of nitrogens with one attached hydrogen (secondary N) is 1. The molecule has 0 aliphatic carbocycles. The van der Waals surface area contributed by atoms with Crippen LogP contribution in [0.5, 0.6) is 11.6 Å². The smallest absolute Gasteiger partial charge is 0.418 e. The minimum absolute atomic E-state index is 0.00439. The van der Waals surface area contributed by atoms with Crippen LogP contribution in [0.15, 0.2) is 41.5 Å². The first-order chi connectivity index (χ1) is 16.4. The van der Waals surface area contributed by atoms with Gasteiger partial charge < -0.3 is 14.6 Å². The zero-order valence-corrected chi connectivity index (χ0v) is 19.0. The number of hydrogen-bond acceptors (Lipinski definition) is 5. The molecular weight excluding hydrogens is 471 g/mol. The Morgan fingerprint density at radius 1 is 1.03 bits per heavy atom. The Bertz CT molecular complexity index is 1510. The third kappa shape index (κ3) is 4.29. The lowest BCUT2D eigenvalue weighted by atomic mass is 10.0. The molecule has 11 heteroatoms. The maximum atomic E-state index is 14.1. The number of hydrogen-bond donors (Lipinski definition) is 1. The molecule has 0 fully saturated rings.